The van der Waals surface area contributed by atoms with Crippen LogP contribution in [0.5, 0.6) is 0 Å². The van der Waals surface area contributed by atoms with Crippen LogP contribution in [0, 0.1) is 5.92 Å². The van der Waals surface area contributed by atoms with Crippen molar-refractivity contribution in [1.29, 1.82) is 0 Å². The van der Waals surface area contributed by atoms with Gasteiger partial charge < -0.3 is 10.4 Å². The molecule has 0 radical (unpaired) electrons. The van der Waals surface area contributed by atoms with Gasteiger partial charge >= 0.3 is 0 Å². The molecular weight excluding hydrogens is 222 g/mol. The minimum atomic E-state index is -0.475. The van der Waals surface area contributed by atoms with Crippen LogP contribution in [0.2, 0.25) is 0 Å². The lowest BCUT2D eigenvalue weighted by Gasteiger charge is -2.16. The van der Waals surface area contributed by atoms with Crippen LogP contribution < -0.4 is 5.32 Å². The van der Waals surface area contributed by atoms with Crippen molar-refractivity contribution in [3.8, 4) is 0 Å². The van der Waals surface area contributed by atoms with Gasteiger partial charge in [-0.15, -0.1) is 13.2 Å². The second-order valence-corrected chi connectivity index (χ2v) is 4.69. The molecule has 0 bridgehead atoms. The molecule has 0 aliphatic carbocycles. The lowest BCUT2D eigenvalue weighted by molar-refractivity contribution is 0.140. The fourth-order valence-electron chi connectivity index (χ4n) is 1.63. The first-order chi connectivity index (χ1) is 8.58. The smallest absolute Gasteiger partial charge is 0.0849 e. The number of hydrogen-bond donors (Lipinski definition) is 2. The molecule has 0 aromatic heterocycles. The highest BCUT2D eigenvalue weighted by atomic mass is 16.3. The van der Waals surface area contributed by atoms with E-state index in [1.54, 1.807) is 6.08 Å². The highest BCUT2D eigenvalue weighted by molar-refractivity contribution is 5.25. The van der Waals surface area contributed by atoms with E-state index in [1.165, 1.54) is 5.56 Å². The zero-order valence-corrected chi connectivity index (χ0v) is 11.3. The molecule has 1 aromatic carbocycles. The van der Waals surface area contributed by atoms with E-state index in [-0.39, 0.29) is 5.92 Å². The van der Waals surface area contributed by atoms with Gasteiger partial charge in [-0.25, -0.2) is 0 Å². The highest BCUT2D eigenvalue weighted by Crippen LogP contribution is 2.22. The van der Waals surface area contributed by atoms with Gasteiger partial charge in [-0.05, 0) is 18.1 Å². The predicted molar refractivity (Wildman–Crippen MR) is 77.3 cm³/mol. The number of aliphatic hydroxyl groups excluding tert-OH is 1. The van der Waals surface area contributed by atoms with E-state index in [0.29, 0.717) is 6.04 Å². The number of aliphatic hydroxyl groups is 1. The summed E-state index contributed by atoms with van der Waals surface area (Å²) < 4.78 is 0. The Balaban J connectivity index is 2.62. The van der Waals surface area contributed by atoms with Crippen molar-refractivity contribution in [2.75, 3.05) is 0 Å². The molecule has 0 aliphatic heterocycles. The third kappa shape index (κ3) is 4.13. The molecular formula is C16H23NO. The molecule has 0 unspecified atom stereocenters. The summed E-state index contributed by atoms with van der Waals surface area (Å²) in [7, 11) is 0. The standard InChI is InChI=1S/C16H23NO/c1-5-12(3)16(18)15-9-7-14(8-10-15)11-17-13(4)6-2/h5-10,12-13,16-18H,1-2,11H2,3-4H3/t12-,13-,16-/m1/s1. The molecule has 3 atom stereocenters. The summed E-state index contributed by atoms with van der Waals surface area (Å²) >= 11 is 0. The summed E-state index contributed by atoms with van der Waals surface area (Å²) in [6.45, 7) is 12.3. The average Bonchev–Trinajstić information content (AvgIpc) is 2.43. The molecule has 1 rings (SSSR count). The van der Waals surface area contributed by atoms with Gasteiger partial charge in [0.1, 0.15) is 0 Å². The molecule has 1 aromatic rings. The van der Waals surface area contributed by atoms with E-state index < -0.39 is 6.10 Å². The van der Waals surface area contributed by atoms with Crippen LogP contribution in [0.25, 0.3) is 0 Å². The summed E-state index contributed by atoms with van der Waals surface area (Å²) in [5.74, 6) is 0.0646. The van der Waals surface area contributed by atoms with Crippen LogP contribution in [-0.4, -0.2) is 11.1 Å². The summed E-state index contributed by atoms with van der Waals surface area (Å²) in [5, 5.41) is 13.4. The Morgan fingerprint density at radius 3 is 2.28 bits per heavy atom. The zero-order chi connectivity index (χ0) is 13.5. The third-order valence-electron chi connectivity index (χ3n) is 3.17. The predicted octanol–water partition coefficient (Wildman–Crippen LogP) is 3.21. The first-order valence-corrected chi connectivity index (χ1v) is 6.34. The Kier molecular flexibility index (Phi) is 5.83. The van der Waals surface area contributed by atoms with Gasteiger partial charge in [-0.2, -0.15) is 0 Å². The number of nitrogens with one attached hydrogen (secondary N) is 1. The molecule has 0 aliphatic rings. The lowest BCUT2D eigenvalue weighted by atomic mass is 9.97. The van der Waals surface area contributed by atoms with Crippen molar-refractivity contribution in [3.05, 3.63) is 60.7 Å². The molecule has 0 heterocycles. The maximum atomic E-state index is 10.0. The molecule has 0 amide bonds. The van der Waals surface area contributed by atoms with Crippen molar-refractivity contribution < 1.29 is 5.11 Å². The molecule has 2 N–H and O–H groups in total. The lowest BCUT2D eigenvalue weighted by Crippen LogP contribution is -2.22. The Bertz CT molecular complexity index is 383. The average molecular weight is 245 g/mol. The molecule has 0 saturated heterocycles. The van der Waals surface area contributed by atoms with Gasteiger partial charge in [0.25, 0.3) is 0 Å². The summed E-state index contributed by atoms with van der Waals surface area (Å²) in [6.07, 6.45) is 3.17. The molecule has 0 saturated carbocycles. The summed E-state index contributed by atoms with van der Waals surface area (Å²) in [5.41, 5.74) is 2.13. The first-order valence-electron chi connectivity index (χ1n) is 6.34. The Morgan fingerprint density at radius 2 is 1.78 bits per heavy atom. The fraction of sp³-hybridized carbons (Fsp3) is 0.375. The van der Waals surface area contributed by atoms with Crippen molar-refractivity contribution in [2.24, 2.45) is 5.92 Å². The SMILES string of the molecule is C=C[C@@H](C)NCc1ccc([C@H](O)[C@H](C)C=C)cc1. The second kappa shape index (κ2) is 7.14. The topological polar surface area (TPSA) is 32.3 Å². The van der Waals surface area contributed by atoms with E-state index in [2.05, 4.69) is 25.4 Å². The molecule has 2 heteroatoms. The zero-order valence-electron chi connectivity index (χ0n) is 11.3. The minimum absolute atomic E-state index is 0.0646. The van der Waals surface area contributed by atoms with Crippen molar-refractivity contribution >= 4 is 0 Å². The maximum Gasteiger partial charge on any atom is 0.0849 e. The fourth-order valence-corrected chi connectivity index (χ4v) is 1.63. The number of hydrogen-bond acceptors (Lipinski definition) is 2. The Labute approximate surface area is 110 Å². The minimum Gasteiger partial charge on any atom is -0.388 e. The van der Waals surface area contributed by atoms with Crippen LogP contribution in [0.15, 0.2) is 49.6 Å². The van der Waals surface area contributed by atoms with Gasteiger partial charge in [-0.1, -0.05) is 43.3 Å². The highest BCUT2D eigenvalue weighted by Gasteiger charge is 2.12. The maximum absolute atomic E-state index is 10.0. The molecule has 2 nitrogen and oxygen atoms in total. The molecule has 98 valence electrons. The van der Waals surface area contributed by atoms with E-state index in [0.717, 1.165) is 12.1 Å². The quantitative estimate of drug-likeness (QED) is 0.723. The van der Waals surface area contributed by atoms with Gasteiger partial charge in [0.15, 0.2) is 0 Å². The van der Waals surface area contributed by atoms with E-state index in [1.807, 2.05) is 37.3 Å². The van der Waals surface area contributed by atoms with Gasteiger partial charge in [0.2, 0.25) is 0 Å². The van der Waals surface area contributed by atoms with Crippen molar-refractivity contribution in [1.82, 2.24) is 5.32 Å². The Morgan fingerprint density at radius 1 is 1.17 bits per heavy atom. The third-order valence-corrected chi connectivity index (χ3v) is 3.17. The summed E-state index contributed by atoms with van der Waals surface area (Å²) in [6, 6.07) is 8.32. The van der Waals surface area contributed by atoms with Crippen molar-refractivity contribution in [2.45, 2.75) is 32.5 Å². The van der Waals surface area contributed by atoms with Gasteiger partial charge in [-0.3, -0.25) is 0 Å². The second-order valence-electron chi connectivity index (χ2n) is 4.69. The number of benzene rings is 1. The normalized spacial score (nSPS) is 15.7. The molecule has 18 heavy (non-hydrogen) atoms. The van der Waals surface area contributed by atoms with Crippen LogP contribution in [0.3, 0.4) is 0 Å². The van der Waals surface area contributed by atoms with Crippen LogP contribution >= 0.6 is 0 Å². The molecule has 0 fully saturated rings. The molecule has 0 spiro atoms. The first kappa shape index (κ1) is 14.7. The Hall–Kier alpha value is -1.38. The summed E-state index contributed by atoms with van der Waals surface area (Å²) in [4.78, 5) is 0. The van der Waals surface area contributed by atoms with Gasteiger partial charge in [0.05, 0.1) is 6.10 Å². The van der Waals surface area contributed by atoms with E-state index in [4.69, 9.17) is 0 Å². The monoisotopic (exact) mass is 245 g/mol. The van der Waals surface area contributed by atoms with E-state index in [9.17, 15) is 5.11 Å². The van der Waals surface area contributed by atoms with Crippen LogP contribution in [-0.2, 0) is 6.54 Å². The van der Waals surface area contributed by atoms with E-state index >= 15 is 0 Å². The van der Waals surface area contributed by atoms with Crippen LogP contribution in [0.4, 0.5) is 0 Å². The van der Waals surface area contributed by atoms with Crippen LogP contribution in [0.1, 0.15) is 31.1 Å². The van der Waals surface area contributed by atoms with Crippen molar-refractivity contribution in [3.63, 3.8) is 0 Å². The number of rotatable bonds is 7. The largest absolute Gasteiger partial charge is 0.388 e. The van der Waals surface area contributed by atoms with Gasteiger partial charge in [0, 0.05) is 18.5 Å².